The van der Waals surface area contributed by atoms with E-state index in [-0.39, 0.29) is 0 Å². The van der Waals surface area contributed by atoms with Gasteiger partial charge < -0.3 is 15.2 Å². The second-order valence-corrected chi connectivity index (χ2v) is 4.27. The van der Waals surface area contributed by atoms with Crippen LogP contribution in [0.4, 0.5) is 5.82 Å². The Morgan fingerprint density at radius 1 is 1.25 bits per heavy atom. The van der Waals surface area contributed by atoms with E-state index < -0.39 is 0 Å². The Balaban J connectivity index is 2.13. The number of nitrogens with two attached hydrogens (primary N) is 1. The van der Waals surface area contributed by atoms with Gasteiger partial charge in [0, 0.05) is 5.69 Å². The van der Waals surface area contributed by atoms with E-state index in [0.717, 1.165) is 11.3 Å². The van der Waals surface area contributed by atoms with Crippen molar-refractivity contribution >= 4 is 5.82 Å². The molecule has 0 radical (unpaired) electrons. The molecular formula is C15H15N3O2. The van der Waals surface area contributed by atoms with Crippen LogP contribution in [0, 0.1) is 18.3 Å². The quantitative estimate of drug-likeness (QED) is 0.921. The summed E-state index contributed by atoms with van der Waals surface area (Å²) in [6.45, 7) is 2.20. The van der Waals surface area contributed by atoms with Gasteiger partial charge in [-0.05, 0) is 36.8 Å². The molecule has 0 atom stereocenters. The van der Waals surface area contributed by atoms with Gasteiger partial charge in [-0.1, -0.05) is 6.07 Å². The minimum atomic E-state index is 0.330. The number of nitrogens with zero attached hydrogens (tertiary/aromatic N) is 2. The van der Waals surface area contributed by atoms with Gasteiger partial charge in [-0.2, -0.15) is 5.26 Å². The van der Waals surface area contributed by atoms with Gasteiger partial charge in [0.1, 0.15) is 18.4 Å². The summed E-state index contributed by atoms with van der Waals surface area (Å²) in [7, 11) is 1.53. The van der Waals surface area contributed by atoms with E-state index in [9.17, 15) is 0 Å². The van der Waals surface area contributed by atoms with Crippen molar-refractivity contribution in [3.63, 3.8) is 0 Å². The second-order valence-electron chi connectivity index (χ2n) is 4.27. The Kier molecular flexibility index (Phi) is 4.06. The summed E-state index contributed by atoms with van der Waals surface area (Å²) in [6, 6.07) is 11.0. The summed E-state index contributed by atoms with van der Waals surface area (Å²) in [6.07, 6.45) is 0. The third kappa shape index (κ3) is 2.98. The van der Waals surface area contributed by atoms with Gasteiger partial charge in [-0.3, -0.25) is 0 Å². The van der Waals surface area contributed by atoms with Crippen molar-refractivity contribution in [2.75, 3.05) is 12.8 Å². The van der Waals surface area contributed by atoms with Crippen molar-refractivity contribution in [3.05, 3.63) is 47.2 Å². The molecule has 0 aliphatic carbocycles. The second kappa shape index (κ2) is 5.93. The molecule has 2 N–H and O–H groups in total. The zero-order valence-electron chi connectivity index (χ0n) is 11.4. The maximum Gasteiger partial charge on any atom is 0.166 e. The zero-order valence-corrected chi connectivity index (χ0v) is 11.4. The molecule has 0 bridgehead atoms. The fourth-order valence-corrected chi connectivity index (χ4v) is 1.76. The lowest BCUT2D eigenvalue weighted by Crippen LogP contribution is -2.01. The maximum absolute atomic E-state index is 8.92. The molecule has 0 unspecified atom stereocenters. The molecule has 0 saturated carbocycles. The third-order valence-corrected chi connectivity index (χ3v) is 2.81. The van der Waals surface area contributed by atoms with Gasteiger partial charge in [0.2, 0.25) is 0 Å². The zero-order chi connectivity index (χ0) is 14.5. The predicted octanol–water partition coefficient (Wildman–Crippen LogP) is 2.43. The number of nitrogen functional groups attached to an aromatic ring is 1. The number of pyridine rings is 1. The van der Waals surface area contributed by atoms with Crippen molar-refractivity contribution in [3.8, 4) is 17.6 Å². The molecule has 0 fully saturated rings. The minimum Gasteiger partial charge on any atom is -0.495 e. The van der Waals surface area contributed by atoms with Gasteiger partial charge in [-0.15, -0.1) is 0 Å². The molecule has 2 rings (SSSR count). The first-order valence-electron chi connectivity index (χ1n) is 6.07. The molecule has 0 aliphatic heterocycles. The molecule has 0 saturated heterocycles. The minimum absolute atomic E-state index is 0.330. The van der Waals surface area contributed by atoms with Crippen LogP contribution < -0.4 is 15.2 Å². The van der Waals surface area contributed by atoms with Crippen LogP contribution in [0.3, 0.4) is 0 Å². The summed E-state index contributed by atoms with van der Waals surface area (Å²) in [5, 5.41) is 8.92. The largest absolute Gasteiger partial charge is 0.495 e. The van der Waals surface area contributed by atoms with Gasteiger partial charge >= 0.3 is 0 Å². The van der Waals surface area contributed by atoms with Crippen LogP contribution in [-0.2, 0) is 6.61 Å². The normalized spacial score (nSPS) is 9.85. The first-order chi connectivity index (χ1) is 9.63. The Morgan fingerprint density at radius 3 is 2.70 bits per heavy atom. The smallest absolute Gasteiger partial charge is 0.166 e. The number of aryl methyl sites for hydroxylation is 1. The van der Waals surface area contributed by atoms with Crippen molar-refractivity contribution in [2.24, 2.45) is 0 Å². The molecule has 1 aromatic heterocycles. The molecule has 0 spiro atoms. The molecule has 20 heavy (non-hydrogen) atoms. The molecule has 102 valence electrons. The lowest BCUT2D eigenvalue weighted by atomic mass is 10.1. The number of hydrogen-bond acceptors (Lipinski definition) is 5. The summed E-state index contributed by atoms with van der Waals surface area (Å²) < 4.78 is 10.8. The highest BCUT2D eigenvalue weighted by molar-refractivity contribution is 5.47. The first kappa shape index (κ1) is 13.7. The van der Waals surface area contributed by atoms with E-state index in [4.69, 9.17) is 20.5 Å². The van der Waals surface area contributed by atoms with Gasteiger partial charge in [-0.25, -0.2) is 4.98 Å². The number of nitriles is 1. The summed E-state index contributed by atoms with van der Waals surface area (Å²) in [5.41, 5.74) is 8.01. The highest BCUT2D eigenvalue weighted by Gasteiger charge is 2.06. The Labute approximate surface area is 117 Å². The first-order valence-corrected chi connectivity index (χ1v) is 6.07. The average molecular weight is 269 g/mol. The SMILES string of the molecule is COc1cc(COc2ccc(C)nc2N)ccc1C#N. The number of hydrogen-bond donors (Lipinski definition) is 1. The fourth-order valence-electron chi connectivity index (χ4n) is 1.76. The van der Waals surface area contributed by atoms with E-state index in [2.05, 4.69) is 11.1 Å². The summed E-state index contributed by atoms with van der Waals surface area (Å²) in [5.74, 6) is 1.44. The lowest BCUT2D eigenvalue weighted by Gasteiger charge is -2.10. The van der Waals surface area contributed by atoms with Crippen LogP contribution in [-0.4, -0.2) is 12.1 Å². The molecule has 5 nitrogen and oxygen atoms in total. The van der Waals surface area contributed by atoms with Gasteiger partial charge in [0.15, 0.2) is 11.6 Å². The third-order valence-electron chi connectivity index (χ3n) is 2.81. The van der Waals surface area contributed by atoms with Crippen LogP contribution in [0.2, 0.25) is 0 Å². The summed E-state index contributed by atoms with van der Waals surface area (Å²) >= 11 is 0. The highest BCUT2D eigenvalue weighted by atomic mass is 16.5. The van der Waals surface area contributed by atoms with E-state index in [0.29, 0.717) is 29.5 Å². The molecule has 0 amide bonds. The van der Waals surface area contributed by atoms with Crippen LogP contribution in [0.25, 0.3) is 0 Å². The molecule has 2 aromatic rings. The monoisotopic (exact) mass is 269 g/mol. The Morgan fingerprint density at radius 2 is 2.05 bits per heavy atom. The summed E-state index contributed by atoms with van der Waals surface area (Å²) in [4.78, 5) is 4.13. The van der Waals surface area contributed by atoms with Crippen LogP contribution in [0.5, 0.6) is 11.5 Å². The number of benzene rings is 1. The van der Waals surface area contributed by atoms with Gasteiger partial charge in [0.25, 0.3) is 0 Å². The fraction of sp³-hybridized carbons (Fsp3) is 0.200. The van der Waals surface area contributed by atoms with E-state index in [1.807, 2.05) is 19.1 Å². The van der Waals surface area contributed by atoms with E-state index in [1.165, 1.54) is 7.11 Å². The van der Waals surface area contributed by atoms with Crippen LogP contribution in [0.1, 0.15) is 16.8 Å². The lowest BCUT2D eigenvalue weighted by molar-refractivity contribution is 0.306. The highest BCUT2D eigenvalue weighted by Crippen LogP contribution is 2.23. The van der Waals surface area contributed by atoms with Gasteiger partial charge in [0.05, 0.1) is 12.7 Å². The van der Waals surface area contributed by atoms with E-state index >= 15 is 0 Å². The number of rotatable bonds is 4. The predicted molar refractivity (Wildman–Crippen MR) is 75.4 cm³/mol. The molecule has 5 heteroatoms. The maximum atomic E-state index is 8.92. The number of aromatic nitrogens is 1. The number of anilines is 1. The average Bonchev–Trinajstić information content (AvgIpc) is 2.46. The van der Waals surface area contributed by atoms with Crippen molar-refractivity contribution in [2.45, 2.75) is 13.5 Å². The Hall–Kier alpha value is -2.74. The topological polar surface area (TPSA) is 81.2 Å². The van der Waals surface area contributed by atoms with Crippen molar-refractivity contribution < 1.29 is 9.47 Å². The molecule has 1 aromatic carbocycles. The molecule has 0 aliphatic rings. The number of methoxy groups -OCH3 is 1. The van der Waals surface area contributed by atoms with Crippen LogP contribution >= 0.6 is 0 Å². The molecule has 1 heterocycles. The standard InChI is InChI=1S/C15H15N3O2/c1-10-3-6-13(15(17)18-10)20-9-11-4-5-12(8-16)14(7-11)19-2/h3-7H,9H2,1-2H3,(H2,17,18). The van der Waals surface area contributed by atoms with E-state index in [1.54, 1.807) is 18.2 Å². The molecular weight excluding hydrogens is 254 g/mol. The van der Waals surface area contributed by atoms with Crippen LogP contribution in [0.15, 0.2) is 30.3 Å². The Bertz CT molecular complexity index is 663. The number of ether oxygens (including phenoxy) is 2. The van der Waals surface area contributed by atoms with Crippen molar-refractivity contribution in [1.82, 2.24) is 4.98 Å². The van der Waals surface area contributed by atoms with Crippen molar-refractivity contribution in [1.29, 1.82) is 5.26 Å².